The van der Waals surface area contributed by atoms with Crippen LogP contribution >= 0.6 is 33.9 Å². The van der Waals surface area contributed by atoms with E-state index < -0.39 is 5.60 Å². The van der Waals surface area contributed by atoms with Gasteiger partial charge in [-0.25, -0.2) is 0 Å². The summed E-state index contributed by atoms with van der Waals surface area (Å²) in [6.07, 6.45) is 4.24. The third-order valence-corrected chi connectivity index (χ3v) is 4.55. The van der Waals surface area contributed by atoms with Crippen LogP contribution in [0.25, 0.3) is 0 Å². The molecule has 2 rings (SSSR count). The second kappa shape index (κ2) is 3.27. The number of hydrogen-bond acceptors (Lipinski definition) is 2. The van der Waals surface area contributed by atoms with Crippen molar-refractivity contribution in [2.24, 2.45) is 0 Å². The molecule has 1 fully saturated rings. The minimum Gasteiger partial charge on any atom is -0.384 e. The molecule has 0 radical (unpaired) electrons. The first kappa shape index (κ1) is 8.97. The van der Waals surface area contributed by atoms with Gasteiger partial charge in [0.15, 0.2) is 0 Å². The van der Waals surface area contributed by atoms with Gasteiger partial charge in [-0.1, -0.05) is 12.8 Å². The summed E-state index contributed by atoms with van der Waals surface area (Å²) in [4.78, 5) is 1.16. The number of aliphatic hydroxyl groups is 1. The molecule has 0 spiro atoms. The Morgan fingerprint density at radius 3 is 2.50 bits per heavy atom. The van der Waals surface area contributed by atoms with Gasteiger partial charge in [-0.05, 0) is 47.6 Å². The molecule has 1 aliphatic rings. The average molecular weight is 294 g/mol. The highest BCUT2D eigenvalue weighted by Gasteiger charge is 2.34. The van der Waals surface area contributed by atoms with Crippen LogP contribution in [0.2, 0.25) is 0 Å². The third-order valence-electron chi connectivity index (χ3n) is 2.46. The molecule has 3 heteroatoms. The quantitative estimate of drug-likeness (QED) is 0.789. The highest BCUT2D eigenvalue weighted by molar-refractivity contribution is 14.1. The van der Waals surface area contributed by atoms with Crippen LogP contribution in [-0.4, -0.2) is 5.11 Å². The van der Waals surface area contributed by atoms with Gasteiger partial charge >= 0.3 is 0 Å². The van der Waals surface area contributed by atoms with Crippen LogP contribution in [-0.2, 0) is 5.60 Å². The molecule has 1 aromatic rings. The molecule has 12 heavy (non-hydrogen) atoms. The molecule has 0 saturated heterocycles. The van der Waals surface area contributed by atoms with Crippen LogP contribution in [0.3, 0.4) is 0 Å². The van der Waals surface area contributed by atoms with Crippen molar-refractivity contribution in [2.75, 3.05) is 0 Å². The van der Waals surface area contributed by atoms with E-state index in [2.05, 4.69) is 34.7 Å². The maximum absolute atomic E-state index is 10.2. The Hall–Kier alpha value is 0.390. The monoisotopic (exact) mass is 294 g/mol. The summed E-state index contributed by atoms with van der Waals surface area (Å²) in [5, 5.41) is 10.2. The highest BCUT2D eigenvalue weighted by Crippen LogP contribution is 2.41. The van der Waals surface area contributed by atoms with E-state index in [1.54, 1.807) is 11.3 Å². The fourth-order valence-corrected chi connectivity index (χ4v) is 3.54. The van der Waals surface area contributed by atoms with E-state index in [1.165, 1.54) is 15.7 Å². The molecule has 1 heterocycles. The lowest BCUT2D eigenvalue weighted by Crippen LogP contribution is -2.18. The predicted molar refractivity (Wildman–Crippen MR) is 59.4 cm³/mol. The Kier molecular flexibility index (Phi) is 2.44. The second-order valence-corrected chi connectivity index (χ2v) is 6.32. The zero-order valence-corrected chi connectivity index (χ0v) is 9.69. The van der Waals surface area contributed by atoms with Gasteiger partial charge < -0.3 is 5.11 Å². The highest BCUT2D eigenvalue weighted by atomic mass is 127. The molecular formula is C9H11IOS. The lowest BCUT2D eigenvalue weighted by Gasteiger charge is -2.19. The molecule has 0 aromatic carbocycles. The summed E-state index contributed by atoms with van der Waals surface area (Å²) in [5.74, 6) is 0. The fourth-order valence-electron chi connectivity index (χ4n) is 1.77. The maximum Gasteiger partial charge on any atom is 0.0988 e. The molecule has 0 amide bonds. The summed E-state index contributed by atoms with van der Waals surface area (Å²) in [5.41, 5.74) is -0.478. The molecule has 0 unspecified atom stereocenters. The summed E-state index contributed by atoms with van der Waals surface area (Å²) in [7, 11) is 0. The van der Waals surface area contributed by atoms with Crippen LogP contribution in [0.5, 0.6) is 0 Å². The van der Waals surface area contributed by atoms with E-state index in [4.69, 9.17) is 0 Å². The second-order valence-electron chi connectivity index (χ2n) is 3.34. The normalized spacial score (nSPS) is 21.5. The first-order chi connectivity index (χ1) is 5.71. The molecule has 1 saturated carbocycles. The van der Waals surface area contributed by atoms with Crippen molar-refractivity contribution in [1.29, 1.82) is 0 Å². The van der Waals surface area contributed by atoms with Gasteiger partial charge in [-0.15, -0.1) is 11.3 Å². The van der Waals surface area contributed by atoms with Gasteiger partial charge in [0, 0.05) is 4.88 Å². The lowest BCUT2D eigenvalue weighted by atomic mass is 10.0. The van der Waals surface area contributed by atoms with Gasteiger partial charge in [0.2, 0.25) is 0 Å². The van der Waals surface area contributed by atoms with E-state index in [0.29, 0.717) is 0 Å². The number of rotatable bonds is 1. The van der Waals surface area contributed by atoms with E-state index in [-0.39, 0.29) is 0 Å². The summed E-state index contributed by atoms with van der Waals surface area (Å²) < 4.78 is 1.27. The maximum atomic E-state index is 10.2. The van der Waals surface area contributed by atoms with Crippen LogP contribution in [0.1, 0.15) is 30.6 Å². The van der Waals surface area contributed by atoms with Gasteiger partial charge in [0.25, 0.3) is 0 Å². The van der Waals surface area contributed by atoms with Gasteiger partial charge in [0.1, 0.15) is 0 Å². The third kappa shape index (κ3) is 1.54. The van der Waals surface area contributed by atoms with Crippen molar-refractivity contribution >= 4 is 33.9 Å². The van der Waals surface area contributed by atoms with Crippen molar-refractivity contribution in [3.8, 4) is 0 Å². The van der Waals surface area contributed by atoms with Crippen molar-refractivity contribution in [1.82, 2.24) is 0 Å². The first-order valence-electron chi connectivity index (χ1n) is 4.19. The average Bonchev–Trinajstić information content (AvgIpc) is 2.59. The van der Waals surface area contributed by atoms with Gasteiger partial charge in [0.05, 0.1) is 8.48 Å². The standard InChI is InChI=1S/C9H11IOS/c10-8-4-3-7(12-8)9(11)5-1-2-6-9/h3-4,11H,1-2,5-6H2. The molecule has 1 aromatic heterocycles. The largest absolute Gasteiger partial charge is 0.384 e. The van der Waals surface area contributed by atoms with Crippen LogP contribution in [0.15, 0.2) is 12.1 Å². The molecule has 0 aliphatic heterocycles. The molecular weight excluding hydrogens is 283 g/mol. The summed E-state index contributed by atoms with van der Waals surface area (Å²) in [6.45, 7) is 0. The Bertz CT molecular complexity index is 276. The predicted octanol–water partition coefficient (Wildman–Crippen LogP) is 3.11. The lowest BCUT2D eigenvalue weighted by molar-refractivity contribution is 0.0483. The summed E-state index contributed by atoms with van der Waals surface area (Å²) in [6, 6.07) is 4.15. The van der Waals surface area contributed by atoms with E-state index in [1.807, 2.05) is 0 Å². The molecule has 0 atom stereocenters. The Balaban J connectivity index is 2.28. The van der Waals surface area contributed by atoms with E-state index in [9.17, 15) is 5.11 Å². The molecule has 1 nitrogen and oxygen atoms in total. The molecule has 1 aliphatic carbocycles. The Labute approximate surface area is 89.9 Å². The van der Waals surface area contributed by atoms with Crippen molar-refractivity contribution < 1.29 is 5.11 Å². The van der Waals surface area contributed by atoms with Crippen molar-refractivity contribution in [3.63, 3.8) is 0 Å². The molecule has 0 bridgehead atoms. The first-order valence-corrected chi connectivity index (χ1v) is 6.08. The van der Waals surface area contributed by atoms with Crippen LogP contribution in [0.4, 0.5) is 0 Å². The van der Waals surface area contributed by atoms with E-state index in [0.717, 1.165) is 17.7 Å². The fraction of sp³-hybridized carbons (Fsp3) is 0.556. The topological polar surface area (TPSA) is 20.2 Å². The molecule has 66 valence electrons. The van der Waals surface area contributed by atoms with Crippen molar-refractivity contribution in [3.05, 3.63) is 19.9 Å². The number of halogens is 1. The van der Waals surface area contributed by atoms with Crippen LogP contribution in [0, 0.1) is 2.88 Å². The van der Waals surface area contributed by atoms with E-state index >= 15 is 0 Å². The smallest absolute Gasteiger partial charge is 0.0988 e. The molecule has 1 N–H and O–H groups in total. The Morgan fingerprint density at radius 1 is 1.33 bits per heavy atom. The van der Waals surface area contributed by atoms with Gasteiger partial charge in [-0.2, -0.15) is 0 Å². The SMILES string of the molecule is OC1(c2ccc(I)s2)CCCC1. The number of thiophene rings is 1. The Morgan fingerprint density at radius 2 is 2.00 bits per heavy atom. The number of hydrogen-bond donors (Lipinski definition) is 1. The minimum absolute atomic E-state index is 0.478. The zero-order valence-electron chi connectivity index (χ0n) is 6.72. The van der Waals surface area contributed by atoms with Crippen LogP contribution < -0.4 is 0 Å². The van der Waals surface area contributed by atoms with Crippen molar-refractivity contribution in [2.45, 2.75) is 31.3 Å². The minimum atomic E-state index is -0.478. The summed E-state index contributed by atoms with van der Waals surface area (Å²) >= 11 is 4.02. The van der Waals surface area contributed by atoms with Gasteiger partial charge in [-0.3, -0.25) is 0 Å². The zero-order chi connectivity index (χ0) is 8.60.